The van der Waals surface area contributed by atoms with Crippen molar-refractivity contribution in [3.63, 3.8) is 0 Å². The van der Waals surface area contributed by atoms with Crippen molar-refractivity contribution >= 4 is 12.6 Å². The largest absolute Gasteiger partial charge is 0.487 e. The van der Waals surface area contributed by atoms with Gasteiger partial charge in [0, 0.05) is 0 Å². The van der Waals surface area contributed by atoms with Gasteiger partial charge in [-0.15, -0.1) is 0 Å². The summed E-state index contributed by atoms with van der Waals surface area (Å²) in [4.78, 5) is 0. The van der Waals surface area contributed by atoms with Crippen molar-refractivity contribution in [3.8, 4) is 5.75 Å². The molecule has 1 rings (SSSR count). The predicted molar refractivity (Wildman–Crippen MR) is 54.9 cm³/mol. The number of hydrogen-bond donors (Lipinski definition) is 1. The van der Waals surface area contributed by atoms with Crippen LogP contribution in [0.25, 0.3) is 0 Å². The van der Waals surface area contributed by atoms with Gasteiger partial charge in [-0.3, -0.25) is 0 Å². The Balaban J connectivity index is 2.66. The number of ether oxygens (including phenoxy) is 1. The highest BCUT2D eigenvalue weighted by Gasteiger charge is 2.10. The lowest BCUT2D eigenvalue weighted by atomic mass is 10.2. The molecule has 1 atom stereocenters. The summed E-state index contributed by atoms with van der Waals surface area (Å²) < 4.78 is 31.1. The number of para-hydroxylation sites is 1. The molecule has 0 amide bonds. The van der Waals surface area contributed by atoms with Crippen LogP contribution in [-0.4, -0.2) is 12.4 Å². The van der Waals surface area contributed by atoms with E-state index in [-0.39, 0.29) is 18.3 Å². The van der Waals surface area contributed by atoms with Crippen LogP contribution in [-0.2, 0) is 0 Å². The minimum absolute atomic E-state index is 0.164. The molecular weight excluding hydrogens is 206 g/mol. The Morgan fingerprint density at radius 3 is 2.43 bits per heavy atom. The fourth-order valence-corrected chi connectivity index (χ4v) is 1.00. The molecular formula is C10H12F2OS. The Labute approximate surface area is 87.5 Å². The molecule has 0 N–H and O–H groups in total. The smallest absolute Gasteiger partial charge is 0.190 e. The molecule has 1 aromatic rings. The first kappa shape index (κ1) is 11.3. The van der Waals surface area contributed by atoms with Gasteiger partial charge < -0.3 is 4.74 Å². The third-order valence-corrected chi connectivity index (χ3v) is 2.37. The molecule has 1 unspecified atom stereocenters. The highest BCUT2D eigenvalue weighted by atomic mass is 32.1. The fraction of sp³-hybridized carbons (Fsp3) is 0.400. The van der Waals surface area contributed by atoms with E-state index in [1.807, 2.05) is 6.92 Å². The van der Waals surface area contributed by atoms with E-state index in [4.69, 9.17) is 4.74 Å². The molecule has 0 spiro atoms. The first-order chi connectivity index (χ1) is 6.65. The highest BCUT2D eigenvalue weighted by Crippen LogP contribution is 2.21. The second-order valence-corrected chi connectivity index (χ2v) is 3.51. The topological polar surface area (TPSA) is 9.23 Å². The van der Waals surface area contributed by atoms with Crippen LogP contribution in [0.15, 0.2) is 18.2 Å². The van der Waals surface area contributed by atoms with Gasteiger partial charge >= 0.3 is 0 Å². The Morgan fingerprint density at radius 1 is 1.36 bits per heavy atom. The minimum atomic E-state index is -0.670. The summed E-state index contributed by atoms with van der Waals surface area (Å²) in [7, 11) is 0. The van der Waals surface area contributed by atoms with Gasteiger partial charge in [0.15, 0.2) is 17.4 Å². The Hall–Kier alpha value is -0.770. The zero-order valence-corrected chi connectivity index (χ0v) is 8.73. The summed E-state index contributed by atoms with van der Waals surface area (Å²) in [6.45, 7) is 2.16. The van der Waals surface area contributed by atoms with E-state index in [9.17, 15) is 8.78 Å². The lowest BCUT2D eigenvalue weighted by Gasteiger charge is -2.11. The molecule has 1 aromatic carbocycles. The normalized spacial score (nSPS) is 12.6. The Bertz CT molecular complexity index is 284. The monoisotopic (exact) mass is 218 g/mol. The Kier molecular flexibility index (Phi) is 4.20. The van der Waals surface area contributed by atoms with Crippen LogP contribution in [0.3, 0.4) is 0 Å². The van der Waals surface area contributed by atoms with Crippen molar-refractivity contribution < 1.29 is 13.5 Å². The number of halogens is 2. The van der Waals surface area contributed by atoms with Crippen molar-refractivity contribution in [3.05, 3.63) is 29.8 Å². The zero-order chi connectivity index (χ0) is 10.6. The van der Waals surface area contributed by atoms with Gasteiger partial charge in [-0.2, -0.15) is 12.6 Å². The lowest BCUT2D eigenvalue weighted by molar-refractivity contribution is 0.249. The molecule has 0 aliphatic rings. The van der Waals surface area contributed by atoms with Crippen LogP contribution >= 0.6 is 12.6 Å². The van der Waals surface area contributed by atoms with Crippen molar-refractivity contribution in [2.75, 3.05) is 12.4 Å². The first-order valence-corrected chi connectivity index (χ1v) is 4.96. The number of hydrogen-bond acceptors (Lipinski definition) is 2. The fourth-order valence-electron chi connectivity index (χ4n) is 0.899. The third-order valence-electron chi connectivity index (χ3n) is 1.74. The molecule has 0 aliphatic carbocycles. The summed E-state index contributed by atoms with van der Waals surface area (Å²) in [5.41, 5.74) is 0. The standard InChI is InChI=1S/C10H12F2OS/c1-7(6-14)5-13-10-8(11)3-2-4-9(10)12/h2-4,7,14H,5-6H2,1H3. The van der Waals surface area contributed by atoms with Gasteiger partial charge in [-0.05, 0) is 23.8 Å². The molecule has 0 saturated carbocycles. The molecule has 1 nitrogen and oxygen atoms in total. The first-order valence-electron chi connectivity index (χ1n) is 4.32. The summed E-state index contributed by atoms with van der Waals surface area (Å²) >= 11 is 4.05. The van der Waals surface area contributed by atoms with Crippen LogP contribution in [0.4, 0.5) is 8.78 Å². The molecule has 4 heteroatoms. The van der Waals surface area contributed by atoms with Crippen LogP contribution in [0, 0.1) is 17.6 Å². The van der Waals surface area contributed by atoms with E-state index in [0.29, 0.717) is 5.75 Å². The number of rotatable bonds is 4. The van der Waals surface area contributed by atoms with E-state index >= 15 is 0 Å². The molecule has 0 fully saturated rings. The minimum Gasteiger partial charge on any atom is -0.487 e. The highest BCUT2D eigenvalue weighted by molar-refractivity contribution is 7.80. The van der Waals surface area contributed by atoms with Gasteiger partial charge in [0.05, 0.1) is 6.61 Å². The van der Waals surface area contributed by atoms with Crippen molar-refractivity contribution in [1.29, 1.82) is 0 Å². The Morgan fingerprint density at radius 2 is 1.93 bits per heavy atom. The quantitative estimate of drug-likeness (QED) is 0.764. The molecule has 14 heavy (non-hydrogen) atoms. The van der Waals surface area contributed by atoms with Crippen LogP contribution in [0.1, 0.15) is 6.92 Å². The summed E-state index contributed by atoms with van der Waals surface area (Å²) in [5, 5.41) is 0. The number of thiol groups is 1. The van der Waals surface area contributed by atoms with Gasteiger partial charge in [-0.1, -0.05) is 13.0 Å². The van der Waals surface area contributed by atoms with Crippen LogP contribution < -0.4 is 4.74 Å². The van der Waals surface area contributed by atoms with E-state index in [1.54, 1.807) is 0 Å². The maximum Gasteiger partial charge on any atom is 0.190 e. The summed E-state index contributed by atoms with van der Waals surface area (Å²) in [6.07, 6.45) is 0. The van der Waals surface area contributed by atoms with Crippen molar-refractivity contribution in [2.45, 2.75) is 6.92 Å². The summed E-state index contributed by atoms with van der Waals surface area (Å²) in [5.74, 6) is -0.859. The van der Waals surface area contributed by atoms with E-state index < -0.39 is 11.6 Å². The third kappa shape index (κ3) is 2.87. The SMILES string of the molecule is CC(CS)COc1c(F)cccc1F. The van der Waals surface area contributed by atoms with Gasteiger partial charge in [0.2, 0.25) is 0 Å². The van der Waals surface area contributed by atoms with Crippen LogP contribution in [0.2, 0.25) is 0 Å². The van der Waals surface area contributed by atoms with E-state index in [0.717, 1.165) is 0 Å². The molecule has 78 valence electrons. The summed E-state index contributed by atoms with van der Waals surface area (Å²) in [6, 6.07) is 3.65. The molecule has 0 saturated heterocycles. The van der Waals surface area contributed by atoms with Gasteiger partial charge in [0.25, 0.3) is 0 Å². The molecule has 0 aromatic heterocycles. The maximum absolute atomic E-state index is 13.0. The average molecular weight is 218 g/mol. The van der Waals surface area contributed by atoms with Gasteiger partial charge in [-0.25, -0.2) is 8.78 Å². The molecule has 0 heterocycles. The van der Waals surface area contributed by atoms with Crippen LogP contribution in [0.5, 0.6) is 5.75 Å². The maximum atomic E-state index is 13.0. The second-order valence-electron chi connectivity index (χ2n) is 3.15. The predicted octanol–water partition coefficient (Wildman–Crippen LogP) is 2.91. The number of benzene rings is 1. The van der Waals surface area contributed by atoms with Crippen molar-refractivity contribution in [2.24, 2.45) is 5.92 Å². The zero-order valence-electron chi connectivity index (χ0n) is 7.84. The van der Waals surface area contributed by atoms with E-state index in [1.165, 1.54) is 18.2 Å². The molecule has 0 bridgehead atoms. The van der Waals surface area contributed by atoms with Crippen molar-refractivity contribution in [1.82, 2.24) is 0 Å². The van der Waals surface area contributed by atoms with E-state index in [2.05, 4.69) is 12.6 Å². The average Bonchev–Trinajstić information content (AvgIpc) is 2.16. The lowest BCUT2D eigenvalue weighted by Crippen LogP contribution is -2.11. The van der Waals surface area contributed by atoms with Gasteiger partial charge in [0.1, 0.15) is 0 Å². The second kappa shape index (κ2) is 5.20. The molecule has 0 radical (unpaired) electrons. The molecule has 0 aliphatic heterocycles.